The smallest absolute Gasteiger partial charge is 0.231 e. The molecule has 0 aliphatic carbocycles. The SMILES string of the molecule is N#CCCN1CC[C@H](c2ccc(F)cc2)[C@@H](COc2ccc3c(c2)OCO3)C1. The monoisotopic (exact) mass is 382 g/mol. The molecule has 2 aliphatic rings. The van der Waals surface area contributed by atoms with Crippen LogP contribution in [0.4, 0.5) is 4.39 Å². The van der Waals surface area contributed by atoms with Crippen molar-refractivity contribution in [2.45, 2.75) is 18.8 Å². The van der Waals surface area contributed by atoms with E-state index in [-0.39, 0.29) is 18.5 Å². The number of halogens is 1. The molecule has 0 spiro atoms. The molecule has 2 aliphatic heterocycles. The summed E-state index contributed by atoms with van der Waals surface area (Å²) in [4.78, 5) is 2.32. The molecule has 6 heteroatoms. The van der Waals surface area contributed by atoms with Crippen molar-refractivity contribution in [2.75, 3.05) is 33.0 Å². The van der Waals surface area contributed by atoms with Gasteiger partial charge in [0.15, 0.2) is 11.5 Å². The zero-order valence-electron chi connectivity index (χ0n) is 15.6. The first-order chi connectivity index (χ1) is 13.7. The van der Waals surface area contributed by atoms with Gasteiger partial charge in [-0.2, -0.15) is 5.26 Å². The standard InChI is InChI=1S/C22H23FN2O3/c23-18-4-2-16(3-5-18)20-8-11-25(10-1-9-24)13-17(20)14-26-19-6-7-21-22(12-19)28-15-27-21/h2-7,12,17,20H,1,8,10-11,13-15H2/t17-,20-/m1/s1. The van der Waals surface area contributed by atoms with Gasteiger partial charge in [0.05, 0.1) is 12.7 Å². The third-order valence-corrected chi connectivity index (χ3v) is 5.46. The number of piperidine rings is 1. The van der Waals surface area contributed by atoms with E-state index in [0.29, 0.717) is 24.7 Å². The lowest BCUT2D eigenvalue weighted by atomic mass is 9.81. The number of likely N-dealkylation sites (tertiary alicyclic amines) is 1. The maximum absolute atomic E-state index is 13.3. The van der Waals surface area contributed by atoms with Crippen LogP contribution in [0.25, 0.3) is 0 Å². The van der Waals surface area contributed by atoms with E-state index in [1.807, 2.05) is 30.3 Å². The molecule has 0 unspecified atom stereocenters. The van der Waals surface area contributed by atoms with Crippen LogP contribution in [-0.2, 0) is 0 Å². The Hall–Kier alpha value is -2.78. The molecule has 146 valence electrons. The Kier molecular flexibility index (Phi) is 5.63. The molecule has 5 nitrogen and oxygen atoms in total. The van der Waals surface area contributed by atoms with E-state index in [2.05, 4.69) is 11.0 Å². The third-order valence-electron chi connectivity index (χ3n) is 5.46. The Morgan fingerprint density at radius 1 is 1.14 bits per heavy atom. The number of ether oxygens (including phenoxy) is 3. The highest BCUT2D eigenvalue weighted by Gasteiger charge is 2.31. The maximum atomic E-state index is 13.3. The predicted octanol–water partition coefficient (Wildman–Crippen LogP) is 3.95. The fourth-order valence-electron chi connectivity index (χ4n) is 4.01. The second kappa shape index (κ2) is 8.49. The number of nitrogens with zero attached hydrogens (tertiary/aromatic N) is 2. The second-order valence-electron chi connectivity index (χ2n) is 7.24. The van der Waals surface area contributed by atoms with Gasteiger partial charge in [0, 0.05) is 31.5 Å². The molecule has 2 aromatic rings. The number of nitriles is 1. The van der Waals surface area contributed by atoms with E-state index in [0.717, 1.165) is 43.1 Å². The van der Waals surface area contributed by atoms with Crippen LogP contribution in [0.15, 0.2) is 42.5 Å². The van der Waals surface area contributed by atoms with Crippen LogP contribution in [0.5, 0.6) is 17.2 Å². The summed E-state index contributed by atoms with van der Waals surface area (Å²) < 4.78 is 30.2. The average Bonchev–Trinajstić information content (AvgIpc) is 3.19. The second-order valence-corrected chi connectivity index (χ2v) is 7.24. The summed E-state index contributed by atoms with van der Waals surface area (Å²) in [7, 11) is 0. The zero-order chi connectivity index (χ0) is 19.3. The lowest BCUT2D eigenvalue weighted by Gasteiger charge is -2.38. The molecule has 0 N–H and O–H groups in total. The fourth-order valence-corrected chi connectivity index (χ4v) is 4.01. The van der Waals surface area contributed by atoms with Gasteiger partial charge in [0.25, 0.3) is 0 Å². The highest BCUT2D eigenvalue weighted by atomic mass is 19.1. The first-order valence-electron chi connectivity index (χ1n) is 9.60. The van der Waals surface area contributed by atoms with Gasteiger partial charge in [-0.3, -0.25) is 0 Å². The fraction of sp³-hybridized carbons (Fsp3) is 0.409. The number of fused-ring (bicyclic) bond motifs is 1. The van der Waals surface area contributed by atoms with Crippen molar-refractivity contribution in [2.24, 2.45) is 5.92 Å². The summed E-state index contributed by atoms with van der Waals surface area (Å²) in [6.45, 7) is 3.35. The summed E-state index contributed by atoms with van der Waals surface area (Å²) in [5.74, 6) is 2.51. The normalized spacial score (nSPS) is 21.3. The Morgan fingerprint density at radius 3 is 2.79 bits per heavy atom. The van der Waals surface area contributed by atoms with Crippen molar-refractivity contribution in [1.82, 2.24) is 4.90 Å². The Labute approximate surface area is 164 Å². The van der Waals surface area contributed by atoms with Crippen LogP contribution in [0, 0.1) is 23.1 Å². The van der Waals surface area contributed by atoms with Crippen molar-refractivity contribution in [1.29, 1.82) is 5.26 Å². The van der Waals surface area contributed by atoms with Crippen LogP contribution < -0.4 is 14.2 Å². The minimum atomic E-state index is -0.219. The summed E-state index contributed by atoms with van der Waals surface area (Å²) in [5, 5.41) is 8.89. The molecule has 0 aromatic heterocycles. The Bertz CT molecular complexity index is 850. The van der Waals surface area contributed by atoms with Crippen LogP contribution in [0.1, 0.15) is 24.3 Å². The molecule has 28 heavy (non-hydrogen) atoms. The maximum Gasteiger partial charge on any atom is 0.231 e. The van der Waals surface area contributed by atoms with Crippen LogP contribution in [-0.4, -0.2) is 37.9 Å². The highest BCUT2D eigenvalue weighted by Crippen LogP contribution is 2.37. The lowest BCUT2D eigenvalue weighted by molar-refractivity contribution is 0.112. The molecule has 0 saturated carbocycles. The Balaban J connectivity index is 1.47. The van der Waals surface area contributed by atoms with Crippen LogP contribution in [0.3, 0.4) is 0 Å². The number of benzene rings is 2. The average molecular weight is 382 g/mol. The zero-order valence-corrected chi connectivity index (χ0v) is 15.6. The van der Waals surface area contributed by atoms with Crippen molar-refractivity contribution in [3.8, 4) is 23.3 Å². The summed E-state index contributed by atoms with van der Waals surface area (Å²) in [5.41, 5.74) is 1.14. The minimum absolute atomic E-state index is 0.219. The van der Waals surface area contributed by atoms with E-state index >= 15 is 0 Å². The largest absolute Gasteiger partial charge is 0.493 e. The molecule has 0 radical (unpaired) electrons. The molecule has 2 aromatic carbocycles. The molecule has 2 atom stereocenters. The van der Waals surface area contributed by atoms with E-state index in [1.165, 1.54) is 12.1 Å². The van der Waals surface area contributed by atoms with Gasteiger partial charge in [0.2, 0.25) is 6.79 Å². The quantitative estimate of drug-likeness (QED) is 0.757. The van der Waals surface area contributed by atoms with Gasteiger partial charge in [-0.25, -0.2) is 4.39 Å². The van der Waals surface area contributed by atoms with Crippen molar-refractivity contribution >= 4 is 0 Å². The van der Waals surface area contributed by atoms with Crippen molar-refractivity contribution in [3.05, 3.63) is 53.8 Å². The molecule has 0 bridgehead atoms. The van der Waals surface area contributed by atoms with E-state index in [9.17, 15) is 4.39 Å². The van der Waals surface area contributed by atoms with Gasteiger partial charge in [-0.15, -0.1) is 0 Å². The van der Waals surface area contributed by atoms with Gasteiger partial charge >= 0.3 is 0 Å². The van der Waals surface area contributed by atoms with E-state index < -0.39 is 0 Å². The topological polar surface area (TPSA) is 54.7 Å². The lowest BCUT2D eigenvalue weighted by Crippen LogP contribution is -2.42. The van der Waals surface area contributed by atoms with Gasteiger partial charge in [0.1, 0.15) is 11.6 Å². The van der Waals surface area contributed by atoms with E-state index in [1.54, 1.807) is 0 Å². The molecule has 2 heterocycles. The van der Waals surface area contributed by atoms with Crippen LogP contribution in [0.2, 0.25) is 0 Å². The first-order valence-corrected chi connectivity index (χ1v) is 9.60. The molecule has 1 fully saturated rings. The van der Waals surface area contributed by atoms with Gasteiger partial charge in [-0.05, 0) is 48.7 Å². The number of rotatable bonds is 6. The number of hydrogen-bond acceptors (Lipinski definition) is 5. The summed E-state index contributed by atoms with van der Waals surface area (Å²) >= 11 is 0. The van der Waals surface area contributed by atoms with Crippen molar-refractivity contribution in [3.63, 3.8) is 0 Å². The first kappa shape index (κ1) is 18.6. The molecule has 1 saturated heterocycles. The minimum Gasteiger partial charge on any atom is -0.493 e. The molecule has 0 amide bonds. The predicted molar refractivity (Wildman–Crippen MR) is 102 cm³/mol. The van der Waals surface area contributed by atoms with Gasteiger partial charge < -0.3 is 19.1 Å². The Morgan fingerprint density at radius 2 is 1.96 bits per heavy atom. The number of hydrogen-bond donors (Lipinski definition) is 0. The molecule has 4 rings (SSSR count). The van der Waals surface area contributed by atoms with Gasteiger partial charge in [-0.1, -0.05) is 12.1 Å². The third kappa shape index (κ3) is 4.20. The summed E-state index contributed by atoms with van der Waals surface area (Å²) in [6, 6.07) is 14.6. The molecular formula is C22H23FN2O3. The highest BCUT2D eigenvalue weighted by molar-refractivity contribution is 5.46. The van der Waals surface area contributed by atoms with Crippen LogP contribution >= 0.6 is 0 Å². The van der Waals surface area contributed by atoms with E-state index in [4.69, 9.17) is 19.5 Å². The molecular weight excluding hydrogens is 359 g/mol. The summed E-state index contributed by atoms with van der Waals surface area (Å²) in [6.07, 6.45) is 1.49. The van der Waals surface area contributed by atoms with Crippen molar-refractivity contribution < 1.29 is 18.6 Å².